The summed E-state index contributed by atoms with van der Waals surface area (Å²) in [4.78, 5) is 36.1. The predicted octanol–water partition coefficient (Wildman–Crippen LogP) is 2.27. The molecule has 2 amide bonds. The highest BCUT2D eigenvalue weighted by Crippen LogP contribution is 2.44. The number of hydrogen-bond acceptors (Lipinski definition) is 6. The molecule has 0 bridgehead atoms. The minimum atomic E-state index is -1.58. The molecule has 2 aromatic carbocycles. The van der Waals surface area contributed by atoms with Crippen LogP contribution in [0.15, 0.2) is 48.5 Å². The summed E-state index contributed by atoms with van der Waals surface area (Å²) < 4.78 is 10.3. The Kier molecular flexibility index (Phi) is 8.25. The summed E-state index contributed by atoms with van der Waals surface area (Å²) in [5, 5.41) is 24.5. The molecular formula is C25H30N2O7. The lowest BCUT2D eigenvalue weighted by Gasteiger charge is -2.29. The quantitative estimate of drug-likeness (QED) is 0.396. The van der Waals surface area contributed by atoms with Gasteiger partial charge in [0.15, 0.2) is 5.54 Å². The van der Waals surface area contributed by atoms with Gasteiger partial charge in [-0.15, -0.1) is 0 Å². The molecule has 34 heavy (non-hydrogen) atoms. The van der Waals surface area contributed by atoms with Crippen molar-refractivity contribution in [1.29, 1.82) is 0 Å². The molecule has 3 rings (SSSR count). The van der Waals surface area contributed by atoms with E-state index in [4.69, 9.17) is 9.47 Å². The van der Waals surface area contributed by atoms with Crippen LogP contribution in [-0.4, -0.2) is 66.7 Å². The number of aliphatic carboxylic acids is 1. The van der Waals surface area contributed by atoms with Crippen LogP contribution >= 0.6 is 0 Å². The second-order valence-corrected chi connectivity index (χ2v) is 8.29. The summed E-state index contributed by atoms with van der Waals surface area (Å²) in [5.41, 5.74) is 2.83. The van der Waals surface area contributed by atoms with E-state index in [0.717, 1.165) is 22.3 Å². The maximum atomic E-state index is 12.3. The van der Waals surface area contributed by atoms with Gasteiger partial charge in [0, 0.05) is 19.6 Å². The molecule has 1 aliphatic carbocycles. The molecular weight excluding hydrogens is 440 g/mol. The van der Waals surface area contributed by atoms with Gasteiger partial charge < -0.3 is 30.3 Å². The Morgan fingerprint density at radius 1 is 1.06 bits per heavy atom. The number of rotatable bonds is 11. The second-order valence-electron chi connectivity index (χ2n) is 8.29. The number of hydrogen-bond donors (Lipinski definition) is 4. The number of benzene rings is 2. The smallest absolute Gasteiger partial charge is 0.407 e. The number of fused-ring (bicyclic) bond motifs is 3. The summed E-state index contributed by atoms with van der Waals surface area (Å²) in [5.74, 6) is -1.98. The third-order valence-corrected chi connectivity index (χ3v) is 6.03. The van der Waals surface area contributed by atoms with Crippen molar-refractivity contribution in [1.82, 2.24) is 10.6 Å². The number of ether oxygens (including phenoxy) is 2. The molecule has 4 N–H and O–H groups in total. The normalized spacial score (nSPS) is 14.9. The number of carbonyl (C=O) groups excluding carboxylic acids is 2. The topological polar surface area (TPSA) is 134 Å². The van der Waals surface area contributed by atoms with Crippen LogP contribution in [0.3, 0.4) is 0 Å². The van der Waals surface area contributed by atoms with Crippen LogP contribution in [0, 0.1) is 0 Å². The van der Waals surface area contributed by atoms with Gasteiger partial charge in [0.1, 0.15) is 6.61 Å². The number of carboxylic acids is 1. The third kappa shape index (κ3) is 5.55. The van der Waals surface area contributed by atoms with Gasteiger partial charge in [-0.3, -0.25) is 4.79 Å². The highest BCUT2D eigenvalue weighted by Gasteiger charge is 2.38. The summed E-state index contributed by atoms with van der Waals surface area (Å²) in [6.07, 6.45) is -2.21. The van der Waals surface area contributed by atoms with Gasteiger partial charge in [0.2, 0.25) is 5.91 Å². The lowest BCUT2D eigenvalue weighted by molar-refractivity contribution is -0.150. The number of amides is 2. The van der Waals surface area contributed by atoms with Gasteiger partial charge in [-0.2, -0.15) is 0 Å². The molecule has 1 aliphatic rings. The van der Waals surface area contributed by atoms with E-state index in [1.54, 1.807) is 6.92 Å². The Labute approximate surface area is 198 Å². The SMILES string of the molecule is CCC(COC)(NC(=O)CC(O)CNC(=O)OCC1c2ccccc2-c2ccccc21)C(=O)O. The molecule has 2 atom stereocenters. The molecule has 2 unspecified atom stereocenters. The minimum Gasteiger partial charge on any atom is -0.479 e. The van der Waals surface area contributed by atoms with Crippen molar-refractivity contribution in [3.8, 4) is 11.1 Å². The average Bonchev–Trinajstić information content (AvgIpc) is 3.14. The van der Waals surface area contributed by atoms with Gasteiger partial charge in [-0.1, -0.05) is 55.5 Å². The van der Waals surface area contributed by atoms with Crippen molar-refractivity contribution < 1.29 is 34.1 Å². The Morgan fingerprint density at radius 2 is 1.65 bits per heavy atom. The van der Waals surface area contributed by atoms with Crippen molar-refractivity contribution in [2.75, 3.05) is 26.9 Å². The molecule has 0 spiro atoms. The summed E-state index contributed by atoms with van der Waals surface area (Å²) in [7, 11) is 1.34. The van der Waals surface area contributed by atoms with Crippen LogP contribution in [0.2, 0.25) is 0 Å². The fourth-order valence-corrected chi connectivity index (χ4v) is 4.19. The van der Waals surface area contributed by atoms with Crippen molar-refractivity contribution in [3.63, 3.8) is 0 Å². The molecule has 0 aromatic heterocycles. The predicted molar refractivity (Wildman–Crippen MR) is 124 cm³/mol. The molecule has 0 saturated carbocycles. The second kappa shape index (κ2) is 11.1. The number of aliphatic hydroxyl groups excluding tert-OH is 1. The molecule has 9 heteroatoms. The fourth-order valence-electron chi connectivity index (χ4n) is 4.19. The van der Waals surface area contributed by atoms with E-state index in [0.29, 0.717) is 0 Å². The van der Waals surface area contributed by atoms with E-state index < -0.39 is 29.6 Å². The van der Waals surface area contributed by atoms with Crippen LogP contribution in [-0.2, 0) is 19.1 Å². The van der Waals surface area contributed by atoms with Gasteiger partial charge in [0.25, 0.3) is 0 Å². The van der Waals surface area contributed by atoms with Crippen LogP contribution in [0.5, 0.6) is 0 Å². The zero-order valence-corrected chi connectivity index (χ0v) is 19.2. The Balaban J connectivity index is 1.49. The van der Waals surface area contributed by atoms with E-state index in [1.165, 1.54) is 7.11 Å². The zero-order valence-electron chi connectivity index (χ0n) is 19.2. The number of methoxy groups -OCH3 is 1. The van der Waals surface area contributed by atoms with Gasteiger partial charge in [-0.05, 0) is 28.7 Å². The van der Waals surface area contributed by atoms with E-state index >= 15 is 0 Å². The molecule has 9 nitrogen and oxygen atoms in total. The van der Waals surface area contributed by atoms with Gasteiger partial charge in [-0.25, -0.2) is 9.59 Å². The van der Waals surface area contributed by atoms with Crippen LogP contribution in [0.1, 0.15) is 36.8 Å². The zero-order chi connectivity index (χ0) is 24.7. The molecule has 182 valence electrons. The van der Waals surface area contributed by atoms with E-state index in [-0.39, 0.29) is 38.5 Å². The van der Waals surface area contributed by atoms with Gasteiger partial charge >= 0.3 is 12.1 Å². The number of nitrogens with one attached hydrogen (secondary N) is 2. The first-order chi connectivity index (χ1) is 16.3. The first-order valence-corrected chi connectivity index (χ1v) is 11.1. The van der Waals surface area contributed by atoms with Crippen LogP contribution < -0.4 is 10.6 Å². The minimum absolute atomic E-state index is 0.0900. The highest BCUT2D eigenvalue weighted by atomic mass is 16.5. The summed E-state index contributed by atoms with van der Waals surface area (Å²) in [6, 6.07) is 16.0. The standard InChI is InChI=1S/C25H30N2O7/c1-3-25(15-33-2,23(30)31)27-22(29)12-16(28)13-26-24(32)34-14-21-19-10-6-4-8-17(19)18-9-5-7-11-20(18)21/h4-11,16,21,28H,3,12-15H2,1-2H3,(H,26,32)(H,27,29)(H,30,31). The van der Waals surface area contributed by atoms with Crippen molar-refractivity contribution >= 4 is 18.0 Å². The Bertz CT molecular complexity index is 996. The van der Waals surface area contributed by atoms with Crippen molar-refractivity contribution in [2.45, 2.75) is 37.3 Å². The molecule has 0 radical (unpaired) electrons. The average molecular weight is 471 g/mol. The lowest BCUT2D eigenvalue weighted by atomic mass is 9.97. The van der Waals surface area contributed by atoms with E-state index in [9.17, 15) is 24.6 Å². The van der Waals surface area contributed by atoms with E-state index in [1.807, 2.05) is 48.5 Å². The molecule has 0 aliphatic heterocycles. The largest absolute Gasteiger partial charge is 0.479 e. The van der Waals surface area contributed by atoms with Crippen LogP contribution in [0.4, 0.5) is 4.79 Å². The maximum absolute atomic E-state index is 12.3. The number of aliphatic hydroxyl groups is 1. The monoisotopic (exact) mass is 470 g/mol. The molecule has 0 heterocycles. The fraction of sp³-hybridized carbons (Fsp3) is 0.400. The summed E-state index contributed by atoms with van der Waals surface area (Å²) >= 11 is 0. The Hall–Kier alpha value is -3.43. The summed E-state index contributed by atoms with van der Waals surface area (Å²) in [6.45, 7) is 1.31. The Morgan fingerprint density at radius 3 is 2.18 bits per heavy atom. The first kappa shape index (κ1) is 25.2. The van der Waals surface area contributed by atoms with Crippen LogP contribution in [0.25, 0.3) is 11.1 Å². The number of carboxylic acid groups (broad SMARTS) is 1. The van der Waals surface area contributed by atoms with E-state index in [2.05, 4.69) is 10.6 Å². The molecule has 0 saturated heterocycles. The highest BCUT2D eigenvalue weighted by molar-refractivity contribution is 5.87. The number of carbonyl (C=O) groups is 3. The van der Waals surface area contributed by atoms with Gasteiger partial charge in [0.05, 0.1) is 19.1 Å². The van der Waals surface area contributed by atoms with Crippen molar-refractivity contribution in [3.05, 3.63) is 59.7 Å². The maximum Gasteiger partial charge on any atom is 0.407 e. The third-order valence-electron chi connectivity index (χ3n) is 6.03. The first-order valence-electron chi connectivity index (χ1n) is 11.1. The van der Waals surface area contributed by atoms with Crippen molar-refractivity contribution in [2.24, 2.45) is 0 Å². The lowest BCUT2D eigenvalue weighted by Crippen LogP contribution is -2.57. The number of alkyl carbamates (subject to hydrolysis) is 1. The molecule has 2 aromatic rings. The molecule has 0 fully saturated rings.